The van der Waals surface area contributed by atoms with Crippen molar-refractivity contribution in [3.05, 3.63) is 0 Å². The highest BCUT2D eigenvalue weighted by Gasteiger charge is 2.49. The van der Waals surface area contributed by atoms with Crippen LogP contribution < -0.4 is 5.73 Å². The number of rotatable bonds is 2. The number of nitrogens with zero attached hydrogens (tertiary/aromatic N) is 1. The van der Waals surface area contributed by atoms with Gasteiger partial charge in [-0.15, -0.1) is 0 Å². The SMILES string of the molecule is NC1(CN2C(=O)C3CCC(O3)C2=O)CCC1. The van der Waals surface area contributed by atoms with Gasteiger partial charge in [-0.1, -0.05) is 0 Å². The molecule has 3 aliphatic rings. The number of hydrogen-bond donors (Lipinski definition) is 1. The summed E-state index contributed by atoms with van der Waals surface area (Å²) in [5, 5.41) is 0. The van der Waals surface area contributed by atoms with Crippen LogP contribution in [0.2, 0.25) is 0 Å². The number of likely N-dealkylation sites (tertiary alicyclic amines) is 1. The first-order chi connectivity index (χ1) is 7.59. The van der Waals surface area contributed by atoms with Crippen molar-refractivity contribution in [1.29, 1.82) is 0 Å². The summed E-state index contributed by atoms with van der Waals surface area (Å²) in [6.07, 6.45) is 3.45. The molecule has 2 amide bonds. The number of fused-ring (bicyclic) bond motifs is 2. The van der Waals surface area contributed by atoms with Gasteiger partial charge in [0.2, 0.25) is 0 Å². The van der Waals surface area contributed by atoms with Crippen LogP contribution in [-0.2, 0) is 14.3 Å². The third-order valence-electron chi connectivity index (χ3n) is 3.92. The Morgan fingerprint density at radius 3 is 2.25 bits per heavy atom. The molecule has 16 heavy (non-hydrogen) atoms. The molecule has 2 saturated heterocycles. The maximum absolute atomic E-state index is 11.9. The standard InChI is InChI=1S/C11H16N2O3/c12-11(4-1-5-11)6-13-9(14)7-2-3-8(16-7)10(13)15/h7-8H,1-6,12H2. The molecule has 1 saturated carbocycles. The number of imide groups is 1. The van der Waals surface area contributed by atoms with Gasteiger partial charge in [0.25, 0.3) is 11.8 Å². The topological polar surface area (TPSA) is 72.6 Å². The molecule has 5 heteroatoms. The van der Waals surface area contributed by atoms with Gasteiger partial charge >= 0.3 is 0 Å². The summed E-state index contributed by atoms with van der Waals surface area (Å²) in [5.74, 6) is -0.369. The second-order valence-electron chi connectivity index (χ2n) is 5.17. The van der Waals surface area contributed by atoms with Crippen molar-refractivity contribution in [2.75, 3.05) is 6.54 Å². The highest BCUT2D eigenvalue weighted by atomic mass is 16.5. The first kappa shape index (κ1) is 10.2. The minimum absolute atomic E-state index is 0.185. The molecule has 0 spiro atoms. The Labute approximate surface area is 93.9 Å². The lowest BCUT2D eigenvalue weighted by molar-refractivity contribution is -0.170. The highest BCUT2D eigenvalue weighted by molar-refractivity contribution is 6.02. The smallest absolute Gasteiger partial charge is 0.258 e. The Balaban J connectivity index is 1.78. The zero-order chi connectivity index (χ0) is 11.3. The molecule has 2 heterocycles. The second kappa shape index (κ2) is 3.28. The molecular formula is C11H16N2O3. The van der Waals surface area contributed by atoms with Crippen molar-refractivity contribution in [3.8, 4) is 0 Å². The van der Waals surface area contributed by atoms with Gasteiger partial charge < -0.3 is 10.5 Å². The van der Waals surface area contributed by atoms with Gasteiger partial charge in [0.05, 0.1) is 0 Å². The summed E-state index contributed by atoms with van der Waals surface area (Å²) >= 11 is 0. The third-order valence-corrected chi connectivity index (χ3v) is 3.92. The van der Waals surface area contributed by atoms with Crippen LogP contribution in [-0.4, -0.2) is 41.0 Å². The van der Waals surface area contributed by atoms with Gasteiger partial charge in [0, 0.05) is 12.1 Å². The summed E-state index contributed by atoms with van der Waals surface area (Å²) in [6, 6.07) is 0. The zero-order valence-electron chi connectivity index (χ0n) is 9.15. The van der Waals surface area contributed by atoms with E-state index < -0.39 is 12.2 Å². The van der Waals surface area contributed by atoms with E-state index in [1.807, 2.05) is 0 Å². The van der Waals surface area contributed by atoms with E-state index >= 15 is 0 Å². The summed E-state index contributed by atoms with van der Waals surface area (Å²) in [4.78, 5) is 25.2. The largest absolute Gasteiger partial charge is 0.355 e. The van der Waals surface area contributed by atoms with E-state index in [-0.39, 0.29) is 17.4 Å². The van der Waals surface area contributed by atoms with Gasteiger partial charge in [-0.05, 0) is 32.1 Å². The summed E-state index contributed by atoms with van der Waals surface area (Å²) < 4.78 is 5.34. The molecule has 0 aromatic rings. The maximum Gasteiger partial charge on any atom is 0.258 e. The molecular weight excluding hydrogens is 208 g/mol. The van der Waals surface area contributed by atoms with Crippen LogP contribution >= 0.6 is 0 Å². The molecule has 2 N–H and O–H groups in total. The number of ether oxygens (including phenoxy) is 1. The fraction of sp³-hybridized carbons (Fsp3) is 0.818. The van der Waals surface area contributed by atoms with Gasteiger partial charge in [-0.25, -0.2) is 0 Å². The number of carbonyl (C=O) groups is 2. The minimum atomic E-state index is -0.397. The number of hydrogen-bond acceptors (Lipinski definition) is 4. The van der Waals surface area contributed by atoms with Crippen LogP contribution in [0.5, 0.6) is 0 Å². The minimum Gasteiger partial charge on any atom is -0.355 e. The third kappa shape index (κ3) is 1.38. The van der Waals surface area contributed by atoms with Crippen LogP contribution in [0.15, 0.2) is 0 Å². The lowest BCUT2D eigenvalue weighted by Crippen LogP contribution is -2.61. The molecule has 0 aromatic heterocycles. The van der Waals surface area contributed by atoms with Crippen molar-refractivity contribution in [2.45, 2.75) is 49.9 Å². The van der Waals surface area contributed by atoms with Gasteiger partial charge in [-0.2, -0.15) is 0 Å². The number of amides is 2. The van der Waals surface area contributed by atoms with E-state index in [1.165, 1.54) is 4.90 Å². The average Bonchev–Trinajstić information content (AvgIpc) is 2.66. The molecule has 3 fully saturated rings. The van der Waals surface area contributed by atoms with Gasteiger partial charge in [0.1, 0.15) is 12.2 Å². The molecule has 2 unspecified atom stereocenters. The summed E-state index contributed by atoms with van der Waals surface area (Å²) in [6.45, 7) is 0.376. The van der Waals surface area contributed by atoms with E-state index in [2.05, 4.69) is 0 Å². The molecule has 2 atom stereocenters. The Bertz CT molecular complexity index is 329. The molecule has 1 aliphatic carbocycles. The second-order valence-corrected chi connectivity index (χ2v) is 5.17. The normalized spacial score (nSPS) is 36.4. The predicted molar refractivity (Wildman–Crippen MR) is 55.4 cm³/mol. The predicted octanol–water partition coefficient (Wildman–Crippen LogP) is -0.216. The zero-order valence-corrected chi connectivity index (χ0v) is 9.15. The molecule has 88 valence electrons. The van der Waals surface area contributed by atoms with Gasteiger partial charge in [-0.3, -0.25) is 14.5 Å². The fourth-order valence-corrected chi connectivity index (χ4v) is 2.72. The Morgan fingerprint density at radius 1 is 1.25 bits per heavy atom. The van der Waals surface area contributed by atoms with E-state index in [4.69, 9.17) is 10.5 Å². The van der Waals surface area contributed by atoms with E-state index in [9.17, 15) is 9.59 Å². The summed E-state index contributed by atoms with van der Waals surface area (Å²) in [5.41, 5.74) is 5.75. The van der Waals surface area contributed by atoms with Gasteiger partial charge in [0.15, 0.2) is 0 Å². The number of carbonyl (C=O) groups excluding carboxylic acids is 2. The van der Waals surface area contributed by atoms with Crippen molar-refractivity contribution in [3.63, 3.8) is 0 Å². The quantitative estimate of drug-likeness (QED) is 0.658. The Hall–Kier alpha value is -0.940. The molecule has 0 radical (unpaired) electrons. The Kier molecular flexibility index (Phi) is 2.09. The lowest BCUT2D eigenvalue weighted by atomic mass is 9.77. The molecule has 2 bridgehead atoms. The highest BCUT2D eigenvalue weighted by Crippen LogP contribution is 2.34. The fourth-order valence-electron chi connectivity index (χ4n) is 2.72. The monoisotopic (exact) mass is 224 g/mol. The van der Waals surface area contributed by atoms with Crippen molar-refractivity contribution in [2.24, 2.45) is 5.73 Å². The van der Waals surface area contributed by atoms with Crippen LogP contribution in [0.3, 0.4) is 0 Å². The lowest BCUT2D eigenvalue weighted by Gasteiger charge is -2.43. The maximum atomic E-state index is 11.9. The van der Waals surface area contributed by atoms with Crippen LogP contribution in [0, 0.1) is 0 Å². The molecule has 2 aliphatic heterocycles. The number of nitrogens with two attached hydrogens (primary N) is 1. The van der Waals surface area contributed by atoms with Crippen molar-refractivity contribution in [1.82, 2.24) is 4.90 Å². The van der Waals surface area contributed by atoms with Crippen LogP contribution in [0.25, 0.3) is 0 Å². The van der Waals surface area contributed by atoms with E-state index in [0.29, 0.717) is 19.4 Å². The van der Waals surface area contributed by atoms with Crippen molar-refractivity contribution >= 4 is 11.8 Å². The van der Waals surface area contributed by atoms with Crippen LogP contribution in [0.4, 0.5) is 0 Å². The molecule has 3 rings (SSSR count). The average molecular weight is 224 g/mol. The first-order valence-electron chi connectivity index (χ1n) is 5.89. The summed E-state index contributed by atoms with van der Waals surface area (Å²) in [7, 11) is 0. The molecule has 5 nitrogen and oxygen atoms in total. The molecule has 0 aromatic carbocycles. The first-order valence-corrected chi connectivity index (χ1v) is 5.89. The van der Waals surface area contributed by atoms with Crippen LogP contribution in [0.1, 0.15) is 32.1 Å². The number of morpholine rings is 1. The van der Waals surface area contributed by atoms with Crippen molar-refractivity contribution < 1.29 is 14.3 Å². The van der Waals surface area contributed by atoms with E-state index in [1.54, 1.807) is 0 Å². The van der Waals surface area contributed by atoms with E-state index in [0.717, 1.165) is 19.3 Å². The Morgan fingerprint density at radius 2 is 1.81 bits per heavy atom.